The number of carbonyl (C=O) groups excluding carboxylic acids is 3. The zero-order valence-corrected chi connectivity index (χ0v) is 24.5. The molecule has 3 amide bonds. The Morgan fingerprint density at radius 1 is 1.08 bits per heavy atom. The molecule has 1 saturated carbocycles. The number of aryl methyl sites for hydroxylation is 1. The highest BCUT2D eigenvalue weighted by Gasteiger charge is 2.47. The third kappa shape index (κ3) is 6.21. The van der Waals surface area contributed by atoms with E-state index in [1.54, 1.807) is 0 Å². The summed E-state index contributed by atoms with van der Waals surface area (Å²) in [5, 5.41) is 8.09. The van der Waals surface area contributed by atoms with Crippen LogP contribution in [0.1, 0.15) is 110 Å². The quantitative estimate of drug-likeness (QED) is 0.482. The van der Waals surface area contributed by atoms with Crippen molar-refractivity contribution in [1.29, 1.82) is 0 Å². The van der Waals surface area contributed by atoms with Gasteiger partial charge in [-0.25, -0.2) is 4.79 Å². The number of benzene rings is 1. The number of nitrogens with one attached hydrogen (secondary N) is 1. The van der Waals surface area contributed by atoms with Crippen molar-refractivity contribution in [3.05, 3.63) is 29.5 Å². The SMILES string of the molecule is CC.CC.Cn1nc(C2CCC(=O)NC2=O)c2ccc(C3CC4(CCN(C(=O)OC(C)(C)C)CC4)C3)cc21. The number of carbonyl (C=O) groups is 3. The third-order valence-corrected chi connectivity index (χ3v) is 7.78. The normalized spacial score (nSPS) is 21.1. The number of fused-ring (bicyclic) bond motifs is 1. The van der Waals surface area contributed by atoms with Crippen LogP contribution >= 0.6 is 0 Å². The van der Waals surface area contributed by atoms with Crippen molar-refractivity contribution in [2.45, 2.75) is 104 Å². The number of piperidine rings is 2. The summed E-state index contributed by atoms with van der Waals surface area (Å²) >= 11 is 0. The molecule has 0 radical (unpaired) electrons. The Morgan fingerprint density at radius 3 is 2.29 bits per heavy atom. The predicted molar refractivity (Wildman–Crippen MR) is 150 cm³/mol. The second-order valence-corrected chi connectivity index (χ2v) is 11.4. The fraction of sp³-hybridized carbons (Fsp3) is 0.667. The average Bonchev–Trinajstić information content (AvgIpc) is 3.19. The molecule has 1 aromatic heterocycles. The first kappa shape index (κ1) is 29.7. The summed E-state index contributed by atoms with van der Waals surface area (Å²) in [4.78, 5) is 38.1. The number of likely N-dealkylation sites (tertiary alicyclic amines) is 1. The molecule has 1 unspecified atom stereocenters. The Hall–Kier alpha value is -2.90. The van der Waals surface area contributed by atoms with Crippen molar-refractivity contribution in [3.8, 4) is 0 Å². The zero-order valence-electron chi connectivity index (χ0n) is 24.5. The molecule has 1 atom stereocenters. The second-order valence-electron chi connectivity index (χ2n) is 11.4. The first-order valence-electron chi connectivity index (χ1n) is 14.3. The number of ether oxygens (including phenoxy) is 1. The van der Waals surface area contributed by atoms with E-state index in [0.717, 1.165) is 55.4 Å². The standard InChI is InChI=1S/C26H34N4O4.2C2H6/c1-25(2,3)34-24(33)30-11-9-26(10-12-30)14-17(15-26)16-5-6-18-20(13-16)29(4)28-22(18)19-7-8-21(31)27-23(19)32;2*1-2/h5-6,13,17,19H,7-12,14-15H2,1-4H3,(H,27,31,32);2*1-2H3. The molecule has 1 N–H and O–H groups in total. The lowest BCUT2D eigenvalue weighted by atomic mass is 9.56. The fourth-order valence-corrected chi connectivity index (χ4v) is 5.89. The monoisotopic (exact) mass is 526 g/mol. The fourth-order valence-electron chi connectivity index (χ4n) is 5.89. The number of hydrogen-bond acceptors (Lipinski definition) is 5. The van der Waals surface area contributed by atoms with Crippen LogP contribution < -0.4 is 5.32 Å². The minimum atomic E-state index is -0.462. The Kier molecular flexibility index (Phi) is 9.26. The molecule has 8 heteroatoms. The van der Waals surface area contributed by atoms with E-state index >= 15 is 0 Å². The van der Waals surface area contributed by atoms with Crippen molar-refractivity contribution in [2.24, 2.45) is 12.5 Å². The Bertz CT molecular complexity index is 1150. The van der Waals surface area contributed by atoms with Gasteiger partial charge in [-0.1, -0.05) is 39.8 Å². The summed E-state index contributed by atoms with van der Waals surface area (Å²) in [7, 11) is 1.91. The number of rotatable bonds is 2. The molecule has 2 aliphatic heterocycles. The molecule has 5 rings (SSSR count). The van der Waals surface area contributed by atoms with Gasteiger partial charge in [0.05, 0.1) is 17.1 Å². The van der Waals surface area contributed by atoms with E-state index in [9.17, 15) is 14.4 Å². The van der Waals surface area contributed by atoms with Crippen LogP contribution in [0.3, 0.4) is 0 Å². The lowest BCUT2D eigenvalue weighted by Gasteiger charge is -2.52. The lowest BCUT2D eigenvalue weighted by molar-refractivity contribution is -0.134. The minimum Gasteiger partial charge on any atom is -0.444 e. The lowest BCUT2D eigenvalue weighted by Crippen LogP contribution is -2.49. The van der Waals surface area contributed by atoms with Crippen LogP contribution in [0.15, 0.2) is 18.2 Å². The van der Waals surface area contributed by atoms with Crippen LogP contribution in [0.4, 0.5) is 4.79 Å². The maximum absolute atomic E-state index is 12.4. The van der Waals surface area contributed by atoms with Gasteiger partial charge in [0.15, 0.2) is 0 Å². The van der Waals surface area contributed by atoms with E-state index in [2.05, 4.69) is 28.6 Å². The van der Waals surface area contributed by atoms with Gasteiger partial charge >= 0.3 is 6.09 Å². The molecule has 1 spiro atoms. The van der Waals surface area contributed by atoms with Gasteiger partial charge in [0.2, 0.25) is 11.8 Å². The molecule has 3 heterocycles. The number of hydrogen-bond donors (Lipinski definition) is 1. The molecule has 2 saturated heterocycles. The molecule has 1 aromatic carbocycles. The Morgan fingerprint density at radius 2 is 1.71 bits per heavy atom. The molecule has 2 aromatic rings. The highest BCUT2D eigenvalue weighted by atomic mass is 16.6. The summed E-state index contributed by atoms with van der Waals surface area (Å²) in [6, 6.07) is 6.48. The summed E-state index contributed by atoms with van der Waals surface area (Å²) in [6.45, 7) is 15.2. The highest BCUT2D eigenvalue weighted by Crippen LogP contribution is 2.57. The van der Waals surface area contributed by atoms with Gasteiger partial charge in [0.25, 0.3) is 0 Å². The van der Waals surface area contributed by atoms with E-state index in [-0.39, 0.29) is 23.8 Å². The van der Waals surface area contributed by atoms with E-state index < -0.39 is 5.60 Å². The molecular weight excluding hydrogens is 480 g/mol. The van der Waals surface area contributed by atoms with Gasteiger partial charge in [-0.05, 0) is 75.8 Å². The summed E-state index contributed by atoms with van der Waals surface area (Å²) in [5.41, 5.74) is 2.95. The Balaban J connectivity index is 0.000000956. The summed E-state index contributed by atoms with van der Waals surface area (Å²) in [6.07, 6.45) is 4.97. The van der Waals surface area contributed by atoms with Crippen LogP contribution in [-0.4, -0.2) is 51.3 Å². The molecule has 210 valence electrons. The average molecular weight is 527 g/mol. The first-order valence-corrected chi connectivity index (χ1v) is 14.3. The minimum absolute atomic E-state index is 0.202. The Labute approximate surface area is 227 Å². The van der Waals surface area contributed by atoms with Gasteiger partial charge in [0, 0.05) is 31.9 Å². The summed E-state index contributed by atoms with van der Waals surface area (Å²) < 4.78 is 7.39. The number of imide groups is 1. The second kappa shape index (κ2) is 11.9. The maximum atomic E-state index is 12.4. The van der Waals surface area contributed by atoms with E-state index in [4.69, 9.17) is 4.74 Å². The summed E-state index contributed by atoms with van der Waals surface area (Å²) in [5.74, 6) is -0.334. The van der Waals surface area contributed by atoms with E-state index in [0.29, 0.717) is 24.2 Å². The van der Waals surface area contributed by atoms with Crippen molar-refractivity contribution in [3.63, 3.8) is 0 Å². The zero-order chi connectivity index (χ0) is 28.3. The molecule has 1 aliphatic carbocycles. The van der Waals surface area contributed by atoms with Gasteiger partial charge in [0.1, 0.15) is 5.60 Å². The predicted octanol–water partition coefficient (Wildman–Crippen LogP) is 6.04. The molecule has 0 bridgehead atoms. The molecule has 8 nitrogen and oxygen atoms in total. The van der Waals surface area contributed by atoms with E-state index in [1.165, 1.54) is 5.56 Å². The number of amides is 3. The van der Waals surface area contributed by atoms with Crippen molar-refractivity contribution < 1.29 is 19.1 Å². The maximum Gasteiger partial charge on any atom is 0.410 e. The van der Waals surface area contributed by atoms with Gasteiger partial charge in [-0.2, -0.15) is 5.10 Å². The van der Waals surface area contributed by atoms with Crippen LogP contribution in [0.5, 0.6) is 0 Å². The van der Waals surface area contributed by atoms with Gasteiger partial charge < -0.3 is 9.64 Å². The van der Waals surface area contributed by atoms with Crippen molar-refractivity contribution in [2.75, 3.05) is 13.1 Å². The third-order valence-electron chi connectivity index (χ3n) is 7.78. The molecule has 3 fully saturated rings. The molecule has 38 heavy (non-hydrogen) atoms. The number of nitrogens with zero attached hydrogens (tertiary/aromatic N) is 3. The van der Waals surface area contributed by atoms with Crippen molar-refractivity contribution >= 4 is 28.8 Å². The largest absolute Gasteiger partial charge is 0.444 e. The molecule has 3 aliphatic rings. The molecular formula is C30H46N4O4. The van der Waals surface area contributed by atoms with Gasteiger partial charge in [-0.3, -0.25) is 19.6 Å². The van der Waals surface area contributed by atoms with Crippen LogP contribution in [-0.2, 0) is 21.4 Å². The number of aromatic nitrogens is 2. The van der Waals surface area contributed by atoms with Crippen LogP contribution in [0.2, 0.25) is 0 Å². The highest BCUT2D eigenvalue weighted by molar-refractivity contribution is 6.02. The van der Waals surface area contributed by atoms with Crippen LogP contribution in [0.25, 0.3) is 10.9 Å². The van der Waals surface area contributed by atoms with Crippen LogP contribution in [0, 0.1) is 5.41 Å². The van der Waals surface area contributed by atoms with Crippen molar-refractivity contribution in [1.82, 2.24) is 20.0 Å². The van der Waals surface area contributed by atoms with Gasteiger partial charge in [-0.15, -0.1) is 0 Å². The topological polar surface area (TPSA) is 93.5 Å². The first-order chi connectivity index (χ1) is 18.0. The smallest absolute Gasteiger partial charge is 0.410 e. The van der Waals surface area contributed by atoms with E-state index in [1.807, 2.05) is 65.1 Å².